The molecule has 1 fully saturated rings. The van der Waals surface area contributed by atoms with E-state index in [4.69, 9.17) is 14.2 Å². The Labute approximate surface area is 188 Å². The molecule has 32 heavy (non-hydrogen) atoms. The van der Waals surface area contributed by atoms with Crippen molar-refractivity contribution in [1.29, 1.82) is 0 Å². The average molecular weight is 461 g/mol. The number of sulfonamides is 1. The average Bonchev–Trinajstić information content (AvgIpc) is 2.83. The monoisotopic (exact) mass is 460 g/mol. The molecule has 9 heteroatoms. The summed E-state index contributed by atoms with van der Waals surface area (Å²) < 4.78 is 44.0. The Morgan fingerprint density at radius 3 is 2.50 bits per heavy atom. The molecular weight excluding hydrogens is 432 g/mol. The molecule has 2 aliphatic heterocycles. The van der Waals surface area contributed by atoms with Crippen molar-refractivity contribution in [3.63, 3.8) is 0 Å². The molecule has 0 bridgehead atoms. The molecule has 8 nitrogen and oxygen atoms in total. The highest BCUT2D eigenvalue weighted by Gasteiger charge is 2.34. The van der Waals surface area contributed by atoms with Crippen LogP contribution in [0.5, 0.6) is 17.2 Å². The minimum absolute atomic E-state index is 0.0206. The fourth-order valence-electron chi connectivity index (χ4n) is 4.16. The fraction of sp³-hybridized carbons (Fsp3) is 0.435. The summed E-state index contributed by atoms with van der Waals surface area (Å²) in [6, 6.07) is 12.3. The smallest absolute Gasteiger partial charge is 0.243 e. The third-order valence-corrected chi connectivity index (χ3v) is 7.83. The van der Waals surface area contributed by atoms with Crippen molar-refractivity contribution in [1.82, 2.24) is 9.21 Å². The first-order valence-corrected chi connectivity index (χ1v) is 12.1. The van der Waals surface area contributed by atoms with Crippen molar-refractivity contribution in [2.24, 2.45) is 5.92 Å². The maximum Gasteiger partial charge on any atom is 0.243 e. The van der Waals surface area contributed by atoms with Crippen molar-refractivity contribution in [2.75, 3.05) is 40.5 Å². The Hall–Kier alpha value is -2.78. The fourth-order valence-corrected chi connectivity index (χ4v) is 5.64. The summed E-state index contributed by atoms with van der Waals surface area (Å²) in [6.07, 6.45) is 0.970. The van der Waals surface area contributed by atoms with Crippen molar-refractivity contribution >= 4 is 15.9 Å². The molecule has 0 N–H and O–H groups in total. The van der Waals surface area contributed by atoms with Crippen LogP contribution in [0.4, 0.5) is 0 Å². The van der Waals surface area contributed by atoms with Crippen LogP contribution in [0.15, 0.2) is 47.4 Å². The van der Waals surface area contributed by atoms with E-state index < -0.39 is 10.0 Å². The first-order valence-electron chi connectivity index (χ1n) is 10.7. The van der Waals surface area contributed by atoms with Crippen LogP contribution in [0.3, 0.4) is 0 Å². The van der Waals surface area contributed by atoms with E-state index in [0.29, 0.717) is 57.2 Å². The third kappa shape index (κ3) is 4.54. The zero-order chi connectivity index (χ0) is 22.7. The molecule has 2 aromatic rings. The molecule has 0 unspecified atom stereocenters. The Bertz CT molecular complexity index is 1080. The van der Waals surface area contributed by atoms with Crippen LogP contribution >= 0.6 is 0 Å². The second-order valence-electron chi connectivity index (χ2n) is 7.99. The summed E-state index contributed by atoms with van der Waals surface area (Å²) in [5.41, 5.74) is 0.935. The number of hydrogen-bond donors (Lipinski definition) is 0. The SMILES string of the molecule is COc1ccccc1CN(C)C(=O)C1CCN(S(=O)(=O)c2ccc3c(c2)OCCO3)CC1. The van der Waals surface area contributed by atoms with Crippen LogP contribution in [-0.2, 0) is 21.4 Å². The number of rotatable bonds is 6. The number of benzene rings is 2. The van der Waals surface area contributed by atoms with Crippen LogP contribution < -0.4 is 14.2 Å². The zero-order valence-corrected chi connectivity index (χ0v) is 19.1. The Morgan fingerprint density at radius 1 is 1.09 bits per heavy atom. The van der Waals surface area contributed by atoms with Crippen LogP contribution in [0.1, 0.15) is 18.4 Å². The molecule has 172 valence electrons. The molecule has 0 saturated carbocycles. The van der Waals surface area contributed by atoms with Gasteiger partial charge in [-0.2, -0.15) is 4.31 Å². The van der Waals surface area contributed by atoms with E-state index in [9.17, 15) is 13.2 Å². The lowest BCUT2D eigenvalue weighted by Gasteiger charge is -2.32. The van der Waals surface area contributed by atoms with E-state index in [1.165, 1.54) is 10.4 Å². The Balaban J connectivity index is 1.38. The van der Waals surface area contributed by atoms with Crippen molar-refractivity contribution in [3.8, 4) is 17.2 Å². The van der Waals surface area contributed by atoms with E-state index in [-0.39, 0.29) is 16.7 Å². The van der Waals surface area contributed by atoms with Gasteiger partial charge in [-0.25, -0.2) is 8.42 Å². The molecule has 2 aromatic carbocycles. The summed E-state index contributed by atoms with van der Waals surface area (Å²) >= 11 is 0. The third-order valence-electron chi connectivity index (χ3n) is 5.93. The van der Waals surface area contributed by atoms with Crippen molar-refractivity contribution in [3.05, 3.63) is 48.0 Å². The second kappa shape index (κ2) is 9.38. The molecular formula is C23H28N2O6S. The van der Waals surface area contributed by atoms with Gasteiger partial charge in [0.1, 0.15) is 19.0 Å². The number of amides is 1. The number of fused-ring (bicyclic) bond motifs is 1. The van der Waals surface area contributed by atoms with Gasteiger partial charge < -0.3 is 19.1 Å². The molecule has 0 aromatic heterocycles. The number of carbonyl (C=O) groups is 1. The number of para-hydroxylation sites is 1. The predicted octanol–water partition coefficient (Wildman–Crippen LogP) is 2.53. The highest BCUT2D eigenvalue weighted by atomic mass is 32.2. The van der Waals surface area contributed by atoms with E-state index in [1.54, 1.807) is 31.2 Å². The topological polar surface area (TPSA) is 85.4 Å². The van der Waals surface area contributed by atoms with E-state index in [2.05, 4.69) is 0 Å². The van der Waals surface area contributed by atoms with Gasteiger partial charge in [-0.3, -0.25) is 4.79 Å². The summed E-state index contributed by atoms with van der Waals surface area (Å²) in [5, 5.41) is 0. The van der Waals surface area contributed by atoms with Gasteiger partial charge in [-0.05, 0) is 31.0 Å². The molecule has 0 aliphatic carbocycles. The normalized spacial score (nSPS) is 17.1. The summed E-state index contributed by atoms with van der Waals surface area (Å²) in [7, 11) is -0.286. The second-order valence-corrected chi connectivity index (χ2v) is 9.93. The molecule has 4 rings (SSSR count). The minimum atomic E-state index is -3.67. The summed E-state index contributed by atoms with van der Waals surface area (Å²) in [5.74, 6) is 1.55. The van der Waals surface area contributed by atoms with Gasteiger partial charge in [0, 0.05) is 44.2 Å². The molecule has 2 aliphatic rings. The molecule has 0 spiro atoms. The van der Waals surface area contributed by atoms with Crippen molar-refractivity contribution in [2.45, 2.75) is 24.3 Å². The lowest BCUT2D eigenvalue weighted by atomic mass is 9.96. The van der Waals surface area contributed by atoms with Gasteiger partial charge in [0.15, 0.2) is 11.5 Å². The predicted molar refractivity (Wildman–Crippen MR) is 118 cm³/mol. The van der Waals surface area contributed by atoms with Gasteiger partial charge in [0.25, 0.3) is 0 Å². The molecule has 2 heterocycles. The number of piperidine rings is 1. The van der Waals surface area contributed by atoms with Crippen molar-refractivity contribution < 1.29 is 27.4 Å². The lowest BCUT2D eigenvalue weighted by molar-refractivity contribution is -0.135. The minimum Gasteiger partial charge on any atom is -0.496 e. The lowest BCUT2D eigenvalue weighted by Crippen LogP contribution is -2.43. The number of methoxy groups -OCH3 is 1. The first-order chi connectivity index (χ1) is 15.4. The first kappa shape index (κ1) is 22.4. The number of ether oxygens (including phenoxy) is 3. The number of carbonyl (C=O) groups excluding carboxylic acids is 1. The van der Waals surface area contributed by atoms with Gasteiger partial charge >= 0.3 is 0 Å². The summed E-state index contributed by atoms with van der Waals surface area (Å²) in [6.45, 7) is 1.89. The van der Waals surface area contributed by atoms with E-state index in [1.807, 2.05) is 24.3 Å². The quantitative estimate of drug-likeness (QED) is 0.659. The zero-order valence-electron chi connectivity index (χ0n) is 18.3. The standard InChI is InChI=1S/C23H28N2O6S/c1-24(16-18-5-3-4-6-20(18)29-2)23(26)17-9-11-25(12-10-17)32(27,28)19-7-8-21-22(15-19)31-14-13-30-21/h3-8,15,17H,9-14,16H2,1-2H3. The molecule has 1 saturated heterocycles. The van der Waals surface area contributed by atoms with Crippen LogP contribution in [0.25, 0.3) is 0 Å². The largest absolute Gasteiger partial charge is 0.496 e. The maximum absolute atomic E-state index is 13.1. The van der Waals surface area contributed by atoms with Crippen LogP contribution in [0.2, 0.25) is 0 Å². The Morgan fingerprint density at radius 2 is 1.78 bits per heavy atom. The Kier molecular flexibility index (Phi) is 6.57. The van der Waals surface area contributed by atoms with Gasteiger partial charge in [-0.15, -0.1) is 0 Å². The van der Waals surface area contributed by atoms with Gasteiger partial charge in [0.05, 0.1) is 12.0 Å². The maximum atomic E-state index is 13.1. The molecule has 0 atom stereocenters. The van der Waals surface area contributed by atoms with Gasteiger partial charge in [-0.1, -0.05) is 18.2 Å². The summed E-state index contributed by atoms with van der Waals surface area (Å²) in [4.78, 5) is 14.8. The van der Waals surface area contributed by atoms with Crippen LogP contribution in [-0.4, -0.2) is 64.0 Å². The number of nitrogens with zero attached hydrogens (tertiary/aromatic N) is 2. The van der Waals surface area contributed by atoms with E-state index >= 15 is 0 Å². The van der Waals surface area contributed by atoms with Gasteiger partial charge in [0.2, 0.25) is 15.9 Å². The highest BCUT2D eigenvalue weighted by molar-refractivity contribution is 7.89. The van der Waals surface area contributed by atoms with E-state index in [0.717, 1.165) is 11.3 Å². The highest BCUT2D eigenvalue weighted by Crippen LogP contribution is 2.34. The number of hydrogen-bond acceptors (Lipinski definition) is 6. The molecule has 0 radical (unpaired) electrons. The van der Waals surface area contributed by atoms with Crippen LogP contribution in [0, 0.1) is 5.92 Å². The molecule has 1 amide bonds.